The molecule has 3 atom stereocenters. The number of pyridine rings is 1. The number of halogens is 3. The van der Waals surface area contributed by atoms with Gasteiger partial charge >= 0.3 is 0 Å². The number of ether oxygens (including phenoxy) is 1. The second-order valence-electron chi connectivity index (χ2n) is 8.11. The third kappa shape index (κ3) is 5.04. The first-order chi connectivity index (χ1) is 15.1. The van der Waals surface area contributed by atoms with Gasteiger partial charge in [0.25, 0.3) is 0 Å². The maximum atomic E-state index is 14.4. The maximum absolute atomic E-state index is 14.4. The molecule has 1 aliphatic carbocycles. The van der Waals surface area contributed by atoms with Gasteiger partial charge in [-0.25, -0.2) is 26.3 Å². The van der Waals surface area contributed by atoms with Crippen molar-refractivity contribution in [2.45, 2.75) is 50.9 Å². The number of aryl methyl sites for hydroxylation is 1. The summed E-state index contributed by atoms with van der Waals surface area (Å²) in [6, 6.07) is 2.59. The highest BCUT2D eigenvalue weighted by Gasteiger charge is 2.34. The predicted molar refractivity (Wildman–Crippen MR) is 111 cm³/mol. The fraction of sp³-hybridized carbons (Fsp3) is 0.429. The molecule has 1 aliphatic heterocycles. The molecule has 7 nitrogen and oxygen atoms in total. The summed E-state index contributed by atoms with van der Waals surface area (Å²) in [5, 5.41) is 3.94. The number of hydrogen-bond acceptors (Lipinski definition) is 6. The van der Waals surface area contributed by atoms with Crippen LogP contribution in [-0.4, -0.2) is 37.7 Å². The number of aromatic nitrogens is 1. The third-order valence-corrected chi connectivity index (χ3v) is 6.11. The molecule has 0 amide bonds. The van der Waals surface area contributed by atoms with Gasteiger partial charge < -0.3 is 9.57 Å². The standard InChI is InChI=1S/C21H22F3N3O4S/c1-11-5-15(20-16(23)6-12(22)7-17(20)24)21(25-10-11)18-9-19(26-31-18)30-14-4-3-13(8-14)27-32(2,28)29/h5-7,10,13-14,18,27H,3-4,8-9H2,1-2H3/t13-,14+,18+/m1/s1. The molecule has 2 aliphatic rings. The minimum atomic E-state index is -3.30. The van der Waals surface area contributed by atoms with Gasteiger partial charge in [-0.3, -0.25) is 4.98 Å². The average Bonchev–Trinajstić information content (AvgIpc) is 3.29. The number of nitrogens with one attached hydrogen (secondary N) is 1. The Hall–Kier alpha value is -2.66. The zero-order valence-electron chi connectivity index (χ0n) is 17.4. The van der Waals surface area contributed by atoms with Crippen LogP contribution in [0.2, 0.25) is 0 Å². The SMILES string of the molecule is Cc1cnc([C@@H]2CC(O[C@H]3CC[C@@H](NS(C)(=O)=O)C3)=NO2)c(-c2c(F)cc(F)cc2F)c1. The van der Waals surface area contributed by atoms with Crippen molar-refractivity contribution in [1.82, 2.24) is 9.71 Å². The fourth-order valence-corrected chi connectivity index (χ4v) is 4.88. The maximum Gasteiger partial charge on any atom is 0.230 e. The minimum absolute atomic E-state index is 0.153. The molecule has 11 heteroatoms. The van der Waals surface area contributed by atoms with E-state index in [9.17, 15) is 21.6 Å². The Kier molecular flexibility index (Phi) is 6.13. The highest BCUT2D eigenvalue weighted by Crippen LogP contribution is 2.37. The second kappa shape index (κ2) is 8.70. The predicted octanol–water partition coefficient (Wildman–Crippen LogP) is 3.74. The van der Waals surface area contributed by atoms with Crippen LogP contribution in [0.3, 0.4) is 0 Å². The van der Waals surface area contributed by atoms with Crippen LogP contribution in [0.25, 0.3) is 11.1 Å². The molecular formula is C21H22F3N3O4S. The highest BCUT2D eigenvalue weighted by atomic mass is 32.2. The van der Waals surface area contributed by atoms with E-state index in [0.29, 0.717) is 42.9 Å². The molecule has 1 aromatic heterocycles. The van der Waals surface area contributed by atoms with Crippen LogP contribution in [0.1, 0.15) is 43.0 Å². The van der Waals surface area contributed by atoms with Gasteiger partial charge in [0.15, 0.2) is 6.10 Å². The molecule has 4 rings (SSSR count). The lowest BCUT2D eigenvalue weighted by molar-refractivity contribution is 0.0822. The average molecular weight is 469 g/mol. The van der Waals surface area contributed by atoms with E-state index in [0.717, 1.165) is 6.26 Å². The van der Waals surface area contributed by atoms with Crippen molar-refractivity contribution in [3.8, 4) is 11.1 Å². The molecule has 0 bridgehead atoms. The molecule has 1 N–H and O–H groups in total. The van der Waals surface area contributed by atoms with E-state index in [2.05, 4.69) is 14.9 Å². The first-order valence-corrected chi connectivity index (χ1v) is 12.0. The summed E-state index contributed by atoms with van der Waals surface area (Å²) in [7, 11) is -3.30. The molecule has 32 heavy (non-hydrogen) atoms. The van der Waals surface area contributed by atoms with E-state index in [1.807, 2.05) is 0 Å². The van der Waals surface area contributed by atoms with Gasteiger partial charge in [0.05, 0.1) is 23.9 Å². The van der Waals surface area contributed by atoms with Crippen LogP contribution < -0.4 is 4.72 Å². The molecule has 0 unspecified atom stereocenters. The number of oxime groups is 1. The zero-order valence-corrected chi connectivity index (χ0v) is 18.3. The van der Waals surface area contributed by atoms with Gasteiger partial charge in [-0.2, -0.15) is 0 Å². The number of sulfonamides is 1. The van der Waals surface area contributed by atoms with Crippen LogP contribution in [0.15, 0.2) is 29.6 Å². The van der Waals surface area contributed by atoms with E-state index in [-0.39, 0.29) is 35.4 Å². The molecule has 2 heterocycles. The van der Waals surface area contributed by atoms with Crippen molar-refractivity contribution in [2.24, 2.45) is 5.16 Å². The monoisotopic (exact) mass is 469 g/mol. The summed E-state index contributed by atoms with van der Waals surface area (Å²) in [5.74, 6) is -2.79. The van der Waals surface area contributed by atoms with Gasteiger partial charge in [-0.05, 0) is 31.4 Å². The molecule has 172 valence electrons. The molecule has 2 aromatic rings. The van der Waals surface area contributed by atoms with E-state index >= 15 is 0 Å². The zero-order chi connectivity index (χ0) is 23.0. The highest BCUT2D eigenvalue weighted by molar-refractivity contribution is 7.88. The van der Waals surface area contributed by atoms with Crippen molar-refractivity contribution in [3.63, 3.8) is 0 Å². The van der Waals surface area contributed by atoms with Crippen LogP contribution in [0.4, 0.5) is 13.2 Å². The molecule has 0 saturated heterocycles. The first-order valence-electron chi connectivity index (χ1n) is 10.1. The van der Waals surface area contributed by atoms with Crippen molar-refractivity contribution in [3.05, 3.63) is 53.1 Å². The largest absolute Gasteiger partial charge is 0.475 e. The summed E-state index contributed by atoms with van der Waals surface area (Å²) in [6.07, 6.45) is 3.66. The summed E-state index contributed by atoms with van der Waals surface area (Å²) < 4.78 is 73.5. The first kappa shape index (κ1) is 22.5. The smallest absolute Gasteiger partial charge is 0.230 e. The Morgan fingerprint density at radius 2 is 1.88 bits per heavy atom. The number of hydrogen-bond donors (Lipinski definition) is 1. The summed E-state index contributed by atoms with van der Waals surface area (Å²) >= 11 is 0. The number of nitrogens with zero attached hydrogens (tertiary/aromatic N) is 2. The van der Waals surface area contributed by atoms with Gasteiger partial charge in [-0.1, -0.05) is 5.16 Å². The van der Waals surface area contributed by atoms with Crippen molar-refractivity contribution in [1.29, 1.82) is 0 Å². The van der Waals surface area contributed by atoms with Gasteiger partial charge in [0.2, 0.25) is 15.9 Å². The fourth-order valence-electron chi connectivity index (χ4n) is 4.06. The summed E-state index contributed by atoms with van der Waals surface area (Å²) in [6.45, 7) is 1.72. The van der Waals surface area contributed by atoms with Gasteiger partial charge in [-0.15, -0.1) is 0 Å². The molecule has 1 aromatic carbocycles. The third-order valence-electron chi connectivity index (χ3n) is 5.35. The van der Waals surface area contributed by atoms with Crippen molar-refractivity contribution >= 4 is 15.9 Å². The Morgan fingerprint density at radius 3 is 2.56 bits per heavy atom. The number of rotatable bonds is 5. The minimum Gasteiger partial charge on any atom is -0.475 e. The molecule has 1 fully saturated rings. The summed E-state index contributed by atoms with van der Waals surface area (Å²) in [4.78, 5) is 9.75. The van der Waals surface area contributed by atoms with E-state index in [4.69, 9.17) is 9.57 Å². The second-order valence-corrected chi connectivity index (χ2v) is 9.89. The quantitative estimate of drug-likeness (QED) is 0.721. The lowest BCUT2D eigenvalue weighted by Crippen LogP contribution is -2.32. The van der Waals surface area contributed by atoms with Crippen LogP contribution in [0, 0.1) is 24.4 Å². The molecule has 1 saturated carbocycles. The van der Waals surface area contributed by atoms with Crippen LogP contribution >= 0.6 is 0 Å². The van der Waals surface area contributed by atoms with Crippen LogP contribution in [-0.2, 0) is 19.6 Å². The van der Waals surface area contributed by atoms with E-state index in [1.54, 1.807) is 19.2 Å². The van der Waals surface area contributed by atoms with E-state index in [1.165, 1.54) is 0 Å². The normalized spacial score (nSPS) is 23.2. The molecule has 0 spiro atoms. The van der Waals surface area contributed by atoms with Crippen LogP contribution in [0.5, 0.6) is 0 Å². The topological polar surface area (TPSA) is 89.9 Å². The Balaban J connectivity index is 1.49. The Bertz CT molecular complexity index is 1150. The molecular weight excluding hydrogens is 447 g/mol. The van der Waals surface area contributed by atoms with Crippen molar-refractivity contribution in [2.75, 3.05) is 6.26 Å². The Morgan fingerprint density at radius 1 is 1.16 bits per heavy atom. The molecule has 0 radical (unpaired) electrons. The van der Waals surface area contributed by atoms with Crippen molar-refractivity contribution < 1.29 is 31.2 Å². The Labute approximate surface area is 183 Å². The van der Waals surface area contributed by atoms with E-state index < -0.39 is 33.6 Å². The van der Waals surface area contributed by atoms with Gasteiger partial charge in [0, 0.05) is 36.4 Å². The lowest BCUT2D eigenvalue weighted by Gasteiger charge is -2.16. The van der Waals surface area contributed by atoms with Gasteiger partial charge in [0.1, 0.15) is 23.6 Å². The lowest BCUT2D eigenvalue weighted by atomic mass is 9.97. The number of benzene rings is 1. The summed E-state index contributed by atoms with van der Waals surface area (Å²) in [5.41, 5.74) is 0.684.